The fraction of sp³-hybridized carbons (Fsp3) is 0. The zero-order valence-corrected chi connectivity index (χ0v) is 8.30. The van der Waals surface area contributed by atoms with Crippen molar-refractivity contribution in [3.8, 4) is 0 Å². The largest absolute Gasteiger partial charge is 0.391 e. The molecule has 0 aliphatic carbocycles. The zero-order chi connectivity index (χ0) is 8.72. The number of nitrogen functional groups attached to an aromatic ring is 1. The van der Waals surface area contributed by atoms with Crippen molar-refractivity contribution in [2.75, 3.05) is 5.73 Å². The van der Waals surface area contributed by atoms with Crippen LogP contribution in [0.1, 0.15) is 0 Å². The first kappa shape index (κ1) is 8.17. The van der Waals surface area contributed by atoms with Gasteiger partial charge in [0.2, 0.25) is 0 Å². The Hall–Kier alpha value is -0.440. The second kappa shape index (κ2) is 2.80. The number of halogens is 2. The van der Waals surface area contributed by atoms with Gasteiger partial charge in [-0.1, -0.05) is 23.2 Å². The van der Waals surface area contributed by atoms with Crippen LogP contribution >= 0.6 is 34.5 Å². The number of nitrogens with two attached hydrogens (primary N) is 1. The van der Waals surface area contributed by atoms with Crippen molar-refractivity contribution in [3.05, 3.63) is 28.2 Å². The third-order valence-electron chi connectivity index (χ3n) is 1.60. The second-order valence-corrected chi connectivity index (χ2v) is 4.32. The van der Waals surface area contributed by atoms with Crippen LogP contribution in [0.2, 0.25) is 10.0 Å². The van der Waals surface area contributed by atoms with Gasteiger partial charge in [-0.2, -0.15) is 0 Å². The minimum absolute atomic E-state index is 0.697. The van der Waals surface area contributed by atoms with E-state index in [4.69, 9.17) is 28.9 Å². The highest BCUT2D eigenvalue weighted by Crippen LogP contribution is 2.37. The molecule has 0 saturated carbocycles. The van der Waals surface area contributed by atoms with Crippen LogP contribution in [0, 0.1) is 0 Å². The smallest absolute Gasteiger partial charge is 0.0869 e. The lowest BCUT2D eigenvalue weighted by Gasteiger charge is -1.94. The van der Waals surface area contributed by atoms with Crippen molar-refractivity contribution in [1.29, 1.82) is 0 Å². The standard InChI is InChI=1S/C8H5Cl2NS/c9-5-1-2-6(10)8-4(5)3-7(11)12-8/h1-3H,11H2. The normalized spacial score (nSPS) is 10.8. The van der Waals surface area contributed by atoms with Crippen LogP contribution in [0.4, 0.5) is 5.00 Å². The number of hydrogen-bond acceptors (Lipinski definition) is 2. The van der Waals surface area contributed by atoms with E-state index in [1.165, 1.54) is 11.3 Å². The number of anilines is 1. The van der Waals surface area contributed by atoms with Gasteiger partial charge in [0, 0.05) is 10.4 Å². The lowest BCUT2D eigenvalue weighted by Crippen LogP contribution is -1.73. The quantitative estimate of drug-likeness (QED) is 0.715. The highest BCUT2D eigenvalue weighted by molar-refractivity contribution is 7.23. The molecule has 12 heavy (non-hydrogen) atoms. The molecule has 1 aromatic heterocycles. The number of hydrogen-bond donors (Lipinski definition) is 1. The van der Waals surface area contributed by atoms with Gasteiger partial charge in [-0.3, -0.25) is 0 Å². The molecule has 4 heteroatoms. The van der Waals surface area contributed by atoms with Crippen LogP contribution in [-0.2, 0) is 0 Å². The van der Waals surface area contributed by atoms with Crippen molar-refractivity contribution >= 4 is 49.6 Å². The van der Waals surface area contributed by atoms with E-state index in [1.54, 1.807) is 12.1 Å². The maximum Gasteiger partial charge on any atom is 0.0869 e. The molecule has 0 radical (unpaired) electrons. The molecule has 0 bridgehead atoms. The molecule has 0 spiro atoms. The molecule has 0 aliphatic heterocycles. The maximum absolute atomic E-state index is 5.94. The number of rotatable bonds is 0. The van der Waals surface area contributed by atoms with E-state index >= 15 is 0 Å². The van der Waals surface area contributed by atoms with E-state index in [-0.39, 0.29) is 0 Å². The highest BCUT2D eigenvalue weighted by atomic mass is 35.5. The Bertz CT molecular complexity index is 397. The van der Waals surface area contributed by atoms with Gasteiger partial charge in [-0.05, 0) is 18.2 Å². The summed E-state index contributed by atoms with van der Waals surface area (Å²) in [6, 6.07) is 5.40. The van der Waals surface area contributed by atoms with Gasteiger partial charge >= 0.3 is 0 Å². The third-order valence-corrected chi connectivity index (χ3v) is 3.36. The molecular formula is C8H5Cl2NS. The molecule has 0 aliphatic rings. The minimum Gasteiger partial charge on any atom is -0.391 e. The second-order valence-electron chi connectivity index (χ2n) is 2.42. The summed E-state index contributed by atoms with van der Waals surface area (Å²) in [5.74, 6) is 0. The highest BCUT2D eigenvalue weighted by Gasteiger charge is 2.06. The SMILES string of the molecule is Nc1cc2c(Cl)ccc(Cl)c2s1. The summed E-state index contributed by atoms with van der Waals surface area (Å²) in [4.78, 5) is 0. The summed E-state index contributed by atoms with van der Waals surface area (Å²) in [6.45, 7) is 0. The van der Waals surface area contributed by atoms with Gasteiger partial charge in [0.15, 0.2) is 0 Å². The Kier molecular flexibility index (Phi) is 1.91. The summed E-state index contributed by atoms with van der Waals surface area (Å²) in [7, 11) is 0. The first-order chi connectivity index (χ1) is 5.68. The van der Waals surface area contributed by atoms with Crippen LogP contribution in [0.5, 0.6) is 0 Å². The zero-order valence-electron chi connectivity index (χ0n) is 5.97. The number of fused-ring (bicyclic) bond motifs is 1. The van der Waals surface area contributed by atoms with Crippen molar-refractivity contribution in [2.45, 2.75) is 0 Å². The van der Waals surface area contributed by atoms with Crippen molar-refractivity contribution in [3.63, 3.8) is 0 Å². The van der Waals surface area contributed by atoms with Gasteiger partial charge < -0.3 is 5.73 Å². The summed E-state index contributed by atoms with van der Waals surface area (Å²) in [5.41, 5.74) is 5.63. The Balaban J connectivity index is 2.93. The van der Waals surface area contributed by atoms with Gasteiger partial charge in [0.05, 0.1) is 14.7 Å². The minimum atomic E-state index is 0.697. The molecule has 1 nitrogen and oxygen atoms in total. The lowest BCUT2D eigenvalue weighted by atomic mass is 10.2. The third kappa shape index (κ3) is 1.16. The van der Waals surface area contributed by atoms with E-state index < -0.39 is 0 Å². The first-order valence-corrected chi connectivity index (χ1v) is 4.89. The molecular weight excluding hydrogens is 213 g/mol. The van der Waals surface area contributed by atoms with Crippen LogP contribution < -0.4 is 5.73 Å². The Morgan fingerprint density at radius 3 is 2.50 bits per heavy atom. The number of thiophene rings is 1. The molecule has 0 unspecified atom stereocenters. The van der Waals surface area contributed by atoms with E-state index in [0.717, 1.165) is 15.1 Å². The predicted molar refractivity (Wildman–Crippen MR) is 56.3 cm³/mol. The van der Waals surface area contributed by atoms with Gasteiger partial charge in [0.25, 0.3) is 0 Å². The summed E-state index contributed by atoms with van der Waals surface area (Å²) >= 11 is 13.3. The average molecular weight is 218 g/mol. The summed E-state index contributed by atoms with van der Waals surface area (Å²) in [5, 5.41) is 3.07. The van der Waals surface area contributed by atoms with Crippen LogP contribution in [0.25, 0.3) is 10.1 Å². The fourth-order valence-electron chi connectivity index (χ4n) is 1.08. The van der Waals surface area contributed by atoms with E-state index in [0.29, 0.717) is 10.0 Å². The van der Waals surface area contributed by atoms with E-state index in [2.05, 4.69) is 0 Å². The van der Waals surface area contributed by atoms with Gasteiger partial charge in [-0.25, -0.2) is 0 Å². The summed E-state index contributed by atoms with van der Waals surface area (Å²) < 4.78 is 0.960. The van der Waals surface area contributed by atoms with E-state index in [9.17, 15) is 0 Å². The molecule has 1 aromatic carbocycles. The molecule has 0 amide bonds. The van der Waals surface area contributed by atoms with Crippen molar-refractivity contribution in [2.24, 2.45) is 0 Å². The molecule has 0 atom stereocenters. The number of benzene rings is 1. The molecule has 0 saturated heterocycles. The summed E-state index contributed by atoms with van der Waals surface area (Å²) in [6.07, 6.45) is 0. The Morgan fingerprint density at radius 2 is 1.83 bits per heavy atom. The first-order valence-electron chi connectivity index (χ1n) is 3.31. The molecule has 2 rings (SSSR count). The van der Waals surface area contributed by atoms with Crippen LogP contribution in [-0.4, -0.2) is 0 Å². The van der Waals surface area contributed by atoms with Crippen molar-refractivity contribution < 1.29 is 0 Å². The topological polar surface area (TPSA) is 26.0 Å². The average Bonchev–Trinajstić information content (AvgIpc) is 2.41. The molecule has 2 N–H and O–H groups in total. The van der Waals surface area contributed by atoms with Gasteiger partial charge in [-0.15, -0.1) is 11.3 Å². The van der Waals surface area contributed by atoms with Crippen LogP contribution in [0.15, 0.2) is 18.2 Å². The van der Waals surface area contributed by atoms with Crippen molar-refractivity contribution in [1.82, 2.24) is 0 Å². The Labute approximate surface area is 83.7 Å². The molecule has 0 fully saturated rings. The van der Waals surface area contributed by atoms with Gasteiger partial charge in [0.1, 0.15) is 0 Å². The fourth-order valence-corrected chi connectivity index (χ4v) is 2.48. The molecule has 2 aromatic rings. The van der Waals surface area contributed by atoms with E-state index in [1.807, 2.05) is 6.07 Å². The lowest BCUT2D eigenvalue weighted by molar-refractivity contribution is 1.84. The predicted octanol–water partition coefficient (Wildman–Crippen LogP) is 3.79. The molecule has 1 heterocycles. The monoisotopic (exact) mass is 217 g/mol. The molecule has 62 valence electrons. The maximum atomic E-state index is 5.94. The van der Waals surface area contributed by atoms with Crippen LogP contribution in [0.3, 0.4) is 0 Å². The Morgan fingerprint density at radius 1 is 1.17 bits per heavy atom.